The normalized spacial score (nSPS) is 25.6. The molecule has 2 atom stereocenters. The number of ether oxygens (including phenoxy) is 1. The van der Waals surface area contributed by atoms with E-state index < -0.39 is 0 Å². The van der Waals surface area contributed by atoms with E-state index in [1.807, 2.05) is 22.8 Å². The number of carbonyl (C=O) groups is 1. The molecule has 0 N–H and O–H groups in total. The first kappa shape index (κ1) is 14.3. The van der Waals surface area contributed by atoms with Crippen LogP contribution in [-0.2, 0) is 9.53 Å². The first-order chi connectivity index (χ1) is 10.2. The Balaban J connectivity index is 1.83. The van der Waals surface area contributed by atoms with Crippen LogP contribution >= 0.6 is 0 Å². The number of methoxy groups -OCH3 is 1. The first-order valence-corrected chi connectivity index (χ1v) is 7.57. The summed E-state index contributed by atoms with van der Waals surface area (Å²) in [6.07, 6.45) is 4.73. The standard InChI is InChI=1S/C15H22N4O2/c1-11-5-6-16-15(17-11)19-10-12(21-2)9-13(19)14(20)18-7-3-4-8-18/h5-6,12-13H,3-4,7-10H2,1-2H3/t12-,13-/m0/s1. The SMILES string of the molecule is CO[C@H]1C[C@@H](C(=O)N2CCCC2)N(c2nccc(C)n2)C1. The Labute approximate surface area is 125 Å². The number of likely N-dealkylation sites (tertiary alicyclic amines) is 1. The number of hydrogen-bond acceptors (Lipinski definition) is 5. The molecular formula is C15H22N4O2. The lowest BCUT2D eigenvalue weighted by atomic mass is 10.1. The molecule has 2 saturated heterocycles. The van der Waals surface area contributed by atoms with Crippen molar-refractivity contribution in [1.29, 1.82) is 0 Å². The molecule has 0 unspecified atom stereocenters. The molecule has 0 spiro atoms. The molecule has 6 heteroatoms. The van der Waals surface area contributed by atoms with Gasteiger partial charge in [-0.2, -0.15) is 0 Å². The van der Waals surface area contributed by atoms with Crippen LogP contribution in [0, 0.1) is 6.92 Å². The number of carbonyl (C=O) groups excluding carboxylic acids is 1. The molecular weight excluding hydrogens is 268 g/mol. The van der Waals surface area contributed by atoms with Crippen molar-refractivity contribution < 1.29 is 9.53 Å². The van der Waals surface area contributed by atoms with Gasteiger partial charge in [0.15, 0.2) is 0 Å². The van der Waals surface area contributed by atoms with Gasteiger partial charge in [0.25, 0.3) is 0 Å². The summed E-state index contributed by atoms with van der Waals surface area (Å²) in [5.41, 5.74) is 0.910. The molecule has 114 valence electrons. The van der Waals surface area contributed by atoms with E-state index in [-0.39, 0.29) is 18.1 Å². The summed E-state index contributed by atoms with van der Waals surface area (Å²) in [4.78, 5) is 25.5. The Hall–Kier alpha value is -1.69. The van der Waals surface area contributed by atoms with Crippen molar-refractivity contribution in [2.75, 3.05) is 31.6 Å². The molecule has 0 radical (unpaired) electrons. The quantitative estimate of drug-likeness (QED) is 0.831. The van der Waals surface area contributed by atoms with Gasteiger partial charge in [0.1, 0.15) is 6.04 Å². The van der Waals surface area contributed by atoms with Crippen molar-refractivity contribution in [3.8, 4) is 0 Å². The molecule has 0 saturated carbocycles. The van der Waals surface area contributed by atoms with Crippen LogP contribution in [0.15, 0.2) is 12.3 Å². The summed E-state index contributed by atoms with van der Waals surface area (Å²) in [5.74, 6) is 0.823. The molecule has 2 aliphatic rings. The minimum atomic E-state index is -0.199. The second-order valence-corrected chi connectivity index (χ2v) is 5.79. The predicted octanol–water partition coefficient (Wildman–Crippen LogP) is 1.00. The molecule has 1 aromatic heterocycles. The van der Waals surface area contributed by atoms with Crippen LogP contribution in [0.3, 0.4) is 0 Å². The molecule has 6 nitrogen and oxygen atoms in total. The monoisotopic (exact) mass is 290 g/mol. The fourth-order valence-electron chi connectivity index (χ4n) is 3.15. The zero-order valence-electron chi connectivity index (χ0n) is 12.7. The Kier molecular flexibility index (Phi) is 4.05. The van der Waals surface area contributed by atoms with E-state index in [2.05, 4.69) is 9.97 Å². The fourth-order valence-corrected chi connectivity index (χ4v) is 3.15. The van der Waals surface area contributed by atoms with Crippen molar-refractivity contribution in [2.24, 2.45) is 0 Å². The topological polar surface area (TPSA) is 58.6 Å². The molecule has 2 aliphatic heterocycles. The van der Waals surface area contributed by atoms with Gasteiger partial charge in [0.05, 0.1) is 6.10 Å². The maximum Gasteiger partial charge on any atom is 0.245 e. The van der Waals surface area contributed by atoms with Crippen molar-refractivity contribution in [2.45, 2.75) is 38.3 Å². The van der Waals surface area contributed by atoms with Crippen LogP contribution in [0.1, 0.15) is 25.0 Å². The van der Waals surface area contributed by atoms with Crippen LogP contribution < -0.4 is 4.90 Å². The van der Waals surface area contributed by atoms with Gasteiger partial charge in [0, 0.05) is 45.1 Å². The highest BCUT2D eigenvalue weighted by Crippen LogP contribution is 2.26. The zero-order valence-corrected chi connectivity index (χ0v) is 12.7. The summed E-state index contributed by atoms with van der Waals surface area (Å²) in [6, 6.07) is 1.67. The number of nitrogens with zero attached hydrogens (tertiary/aromatic N) is 4. The van der Waals surface area contributed by atoms with Gasteiger partial charge in [-0.1, -0.05) is 0 Å². The average Bonchev–Trinajstić information content (AvgIpc) is 3.16. The predicted molar refractivity (Wildman–Crippen MR) is 79.1 cm³/mol. The molecule has 0 aliphatic carbocycles. The largest absolute Gasteiger partial charge is 0.380 e. The van der Waals surface area contributed by atoms with E-state index in [1.165, 1.54) is 0 Å². The Morgan fingerprint density at radius 3 is 2.81 bits per heavy atom. The van der Waals surface area contributed by atoms with Gasteiger partial charge in [0.2, 0.25) is 11.9 Å². The second-order valence-electron chi connectivity index (χ2n) is 5.79. The molecule has 0 aromatic carbocycles. The van der Waals surface area contributed by atoms with Crippen molar-refractivity contribution in [3.63, 3.8) is 0 Å². The van der Waals surface area contributed by atoms with Gasteiger partial charge in [-0.3, -0.25) is 4.79 Å². The van der Waals surface area contributed by atoms with Crippen LogP contribution in [-0.4, -0.2) is 59.7 Å². The van der Waals surface area contributed by atoms with E-state index in [0.717, 1.165) is 31.6 Å². The molecule has 2 fully saturated rings. The summed E-state index contributed by atoms with van der Waals surface area (Å²) in [5, 5.41) is 0. The van der Waals surface area contributed by atoms with Crippen molar-refractivity contribution in [3.05, 3.63) is 18.0 Å². The van der Waals surface area contributed by atoms with Crippen LogP contribution in [0.25, 0.3) is 0 Å². The minimum absolute atomic E-state index is 0.0608. The maximum absolute atomic E-state index is 12.8. The maximum atomic E-state index is 12.8. The first-order valence-electron chi connectivity index (χ1n) is 7.57. The van der Waals surface area contributed by atoms with Gasteiger partial charge < -0.3 is 14.5 Å². The van der Waals surface area contributed by atoms with Gasteiger partial charge in [-0.25, -0.2) is 9.97 Å². The molecule has 3 heterocycles. The summed E-state index contributed by atoms with van der Waals surface area (Å²) in [6.45, 7) is 4.35. The lowest BCUT2D eigenvalue weighted by Crippen LogP contribution is -2.45. The molecule has 3 rings (SSSR count). The summed E-state index contributed by atoms with van der Waals surface area (Å²) >= 11 is 0. The fraction of sp³-hybridized carbons (Fsp3) is 0.667. The van der Waals surface area contributed by atoms with E-state index >= 15 is 0 Å². The van der Waals surface area contributed by atoms with Crippen molar-refractivity contribution >= 4 is 11.9 Å². The zero-order chi connectivity index (χ0) is 14.8. The Morgan fingerprint density at radius 2 is 2.14 bits per heavy atom. The molecule has 1 aromatic rings. The number of anilines is 1. The Bertz CT molecular complexity index is 516. The van der Waals surface area contributed by atoms with Gasteiger partial charge in [-0.05, 0) is 25.8 Å². The van der Waals surface area contributed by atoms with Gasteiger partial charge in [-0.15, -0.1) is 0 Å². The van der Waals surface area contributed by atoms with E-state index in [0.29, 0.717) is 18.9 Å². The van der Waals surface area contributed by atoms with Crippen LogP contribution in [0.2, 0.25) is 0 Å². The molecule has 21 heavy (non-hydrogen) atoms. The number of amides is 1. The highest BCUT2D eigenvalue weighted by Gasteiger charge is 2.40. The van der Waals surface area contributed by atoms with Crippen LogP contribution in [0.5, 0.6) is 0 Å². The van der Waals surface area contributed by atoms with E-state index in [9.17, 15) is 4.79 Å². The number of rotatable bonds is 3. The smallest absolute Gasteiger partial charge is 0.245 e. The number of hydrogen-bond donors (Lipinski definition) is 0. The third kappa shape index (κ3) is 2.85. The van der Waals surface area contributed by atoms with E-state index in [4.69, 9.17) is 4.74 Å². The number of aromatic nitrogens is 2. The summed E-state index contributed by atoms with van der Waals surface area (Å²) < 4.78 is 5.47. The van der Waals surface area contributed by atoms with Gasteiger partial charge >= 0.3 is 0 Å². The average molecular weight is 290 g/mol. The van der Waals surface area contributed by atoms with Crippen LogP contribution in [0.4, 0.5) is 5.95 Å². The van der Waals surface area contributed by atoms with E-state index in [1.54, 1.807) is 13.3 Å². The third-order valence-corrected chi connectivity index (χ3v) is 4.34. The lowest BCUT2D eigenvalue weighted by Gasteiger charge is -2.27. The third-order valence-electron chi connectivity index (χ3n) is 4.34. The summed E-state index contributed by atoms with van der Waals surface area (Å²) in [7, 11) is 1.70. The highest BCUT2D eigenvalue weighted by molar-refractivity contribution is 5.85. The molecule has 1 amide bonds. The van der Waals surface area contributed by atoms with Crippen molar-refractivity contribution in [1.82, 2.24) is 14.9 Å². The second kappa shape index (κ2) is 5.97. The lowest BCUT2D eigenvalue weighted by molar-refractivity contribution is -0.131. The molecule has 0 bridgehead atoms. The Morgan fingerprint density at radius 1 is 1.38 bits per heavy atom. The highest BCUT2D eigenvalue weighted by atomic mass is 16.5. The minimum Gasteiger partial charge on any atom is -0.380 e. The number of aryl methyl sites for hydroxylation is 1.